The van der Waals surface area contributed by atoms with Crippen molar-refractivity contribution in [1.29, 1.82) is 0 Å². The fraction of sp³-hybridized carbons (Fsp3) is 0.296. The van der Waals surface area contributed by atoms with Crippen LogP contribution in [0.5, 0.6) is 11.5 Å². The fourth-order valence-electron chi connectivity index (χ4n) is 4.26. The second kappa shape index (κ2) is 8.87. The Kier molecular flexibility index (Phi) is 5.79. The molecule has 3 aromatic rings. The molecule has 0 N–H and O–H groups in total. The van der Waals surface area contributed by atoms with Crippen molar-refractivity contribution in [2.45, 2.75) is 45.4 Å². The molecule has 0 amide bonds. The lowest BCUT2D eigenvalue weighted by molar-refractivity contribution is -0.0190. The molecule has 0 spiro atoms. The second-order valence-electron chi connectivity index (χ2n) is 8.44. The number of aryl methyl sites for hydroxylation is 1. The molecule has 4 nitrogen and oxygen atoms in total. The van der Waals surface area contributed by atoms with Gasteiger partial charge in [0, 0.05) is 22.6 Å². The first kappa shape index (κ1) is 20.9. The third-order valence-corrected chi connectivity index (χ3v) is 6.30. The van der Waals surface area contributed by atoms with Crippen molar-refractivity contribution in [3.63, 3.8) is 0 Å². The van der Waals surface area contributed by atoms with Crippen molar-refractivity contribution in [2.75, 3.05) is 6.61 Å². The summed E-state index contributed by atoms with van der Waals surface area (Å²) in [6.45, 7) is 5.00. The number of ether oxygens (including phenoxy) is 2. The van der Waals surface area contributed by atoms with Gasteiger partial charge >= 0.3 is 0 Å². The van der Waals surface area contributed by atoms with Gasteiger partial charge in [0.2, 0.25) is 6.23 Å². The van der Waals surface area contributed by atoms with E-state index in [0.717, 1.165) is 59.8 Å². The first-order valence-corrected chi connectivity index (χ1v) is 11.6. The van der Waals surface area contributed by atoms with Crippen molar-refractivity contribution in [3.05, 3.63) is 94.0 Å². The Bertz CT molecular complexity index is 1130. The van der Waals surface area contributed by atoms with Gasteiger partial charge in [-0.25, -0.2) is 5.01 Å². The third kappa shape index (κ3) is 4.07. The maximum absolute atomic E-state index is 6.45. The molecule has 2 heterocycles. The fourth-order valence-corrected chi connectivity index (χ4v) is 4.44. The van der Waals surface area contributed by atoms with E-state index in [1.54, 1.807) is 0 Å². The Morgan fingerprint density at radius 2 is 1.84 bits per heavy atom. The van der Waals surface area contributed by atoms with Gasteiger partial charge in [0.15, 0.2) is 0 Å². The molecule has 2 aliphatic rings. The summed E-state index contributed by atoms with van der Waals surface area (Å²) in [5.74, 6) is 1.75. The smallest absolute Gasteiger partial charge is 0.213 e. The van der Waals surface area contributed by atoms with Gasteiger partial charge in [0.25, 0.3) is 0 Å². The van der Waals surface area contributed by atoms with Gasteiger partial charge in [-0.2, -0.15) is 5.10 Å². The van der Waals surface area contributed by atoms with Crippen molar-refractivity contribution in [3.8, 4) is 11.5 Å². The summed E-state index contributed by atoms with van der Waals surface area (Å²) in [5, 5.41) is 7.83. The molecule has 5 rings (SSSR count). The highest BCUT2D eigenvalue weighted by atomic mass is 35.5. The summed E-state index contributed by atoms with van der Waals surface area (Å²) in [6, 6.07) is 22.7. The minimum absolute atomic E-state index is 0.0826. The average Bonchev–Trinajstić information content (AvgIpc) is 3.26. The number of benzene rings is 3. The van der Waals surface area contributed by atoms with E-state index >= 15 is 0 Å². The highest BCUT2D eigenvalue weighted by Gasteiger charge is 2.41. The van der Waals surface area contributed by atoms with Crippen LogP contribution in [-0.2, 0) is 0 Å². The monoisotopic (exact) mass is 446 g/mol. The minimum atomic E-state index is -0.304. The van der Waals surface area contributed by atoms with Crippen LogP contribution in [0, 0.1) is 6.92 Å². The van der Waals surface area contributed by atoms with Crippen molar-refractivity contribution in [2.24, 2.45) is 5.10 Å². The van der Waals surface area contributed by atoms with Gasteiger partial charge in [-0.05, 0) is 61.4 Å². The van der Waals surface area contributed by atoms with Crippen LogP contribution in [0.4, 0.5) is 0 Å². The van der Waals surface area contributed by atoms with Crippen LogP contribution >= 0.6 is 11.6 Å². The molecular weight excluding hydrogens is 420 g/mol. The lowest BCUT2D eigenvalue weighted by Crippen LogP contribution is -2.33. The highest BCUT2D eigenvalue weighted by Crippen LogP contribution is 2.48. The number of hydrogen-bond donors (Lipinski definition) is 0. The van der Waals surface area contributed by atoms with E-state index in [1.165, 1.54) is 5.56 Å². The number of halogens is 1. The van der Waals surface area contributed by atoms with Crippen LogP contribution in [0.3, 0.4) is 0 Å². The lowest BCUT2D eigenvalue weighted by atomic mass is 9.95. The number of unbranched alkanes of at least 4 members (excludes halogenated alkanes) is 1. The SMILES string of the molecule is CCCCOc1ccc([C@H]2Oc3ccc(Cl)cc3[C@H]3CC(c4ccc(C)cc4)=NN32)cc1. The minimum Gasteiger partial charge on any atom is -0.494 e. The van der Waals surface area contributed by atoms with E-state index in [9.17, 15) is 0 Å². The van der Waals surface area contributed by atoms with Crippen LogP contribution in [0.25, 0.3) is 0 Å². The molecule has 0 fully saturated rings. The molecule has 0 aromatic heterocycles. The van der Waals surface area contributed by atoms with Crippen molar-refractivity contribution < 1.29 is 9.47 Å². The Morgan fingerprint density at radius 3 is 2.59 bits per heavy atom. The van der Waals surface area contributed by atoms with Gasteiger partial charge < -0.3 is 9.47 Å². The molecule has 3 aromatic carbocycles. The van der Waals surface area contributed by atoms with Crippen LogP contribution in [-0.4, -0.2) is 17.3 Å². The zero-order valence-corrected chi connectivity index (χ0v) is 19.2. The molecule has 5 heteroatoms. The predicted molar refractivity (Wildman–Crippen MR) is 129 cm³/mol. The number of hydrazone groups is 1. The Labute approximate surface area is 194 Å². The summed E-state index contributed by atoms with van der Waals surface area (Å²) < 4.78 is 12.3. The molecule has 0 aliphatic carbocycles. The van der Waals surface area contributed by atoms with Crippen LogP contribution in [0.1, 0.15) is 60.7 Å². The maximum atomic E-state index is 6.45. The van der Waals surface area contributed by atoms with Crippen molar-refractivity contribution in [1.82, 2.24) is 5.01 Å². The molecule has 0 bridgehead atoms. The Hall–Kier alpha value is -2.98. The van der Waals surface area contributed by atoms with Gasteiger partial charge in [-0.1, -0.05) is 54.8 Å². The largest absolute Gasteiger partial charge is 0.494 e. The highest BCUT2D eigenvalue weighted by molar-refractivity contribution is 6.30. The quantitative estimate of drug-likeness (QED) is 0.380. The molecule has 0 unspecified atom stereocenters. The molecule has 2 aliphatic heterocycles. The number of fused-ring (bicyclic) bond motifs is 3. The topological polar surface area (TPSA) is 34.1 Å². The van der Waals surface area contributed by atoms with E-state index in [2.05, 4.69) is 55.3 Å². The van der Waals surface area contributed by atoms with Gasteiger partial charge in [-0.3, -0.25) is 0 Å². The summed E-state index contributed by atoms with van der Waals surface area (Å²) in [4.78, 5) is 0. The molecule has 32 heavy (non-hydrogen) atoms. The number of rotatable bonds is 6. The average molecular weight is 447 g/mol. The molecule has 164 valence electrons. The van der Waals surface area contributed by atoms with Crippen LogP contribution in [0.2, 0.25) is 5.02 Å². The van der Waals surface area contributed by atoms with Gasteiger partial charge in [0.1, 0.15) is 11.5 Å². The van der Waals surface area contributed by atoms with E-state index in [1.807, 2.05) is 30.3 Å². The normalized spacial score (nSPS) is 19.1. The summed E-state index contributed by atoms with van der Waals surface area (Å²) in [7, 11) is 0. The van der Waals surface area contributed by atoms with Crippen LogP contribution in [0.15, 0.2) is 71.8 Å². The standard InChI is InChI=1S/C27H27ClN2O2/c1-3-4-15-31-22-12-9-20(10-13-22)27-30-25(23-16-21(28)11-14-26(23)32-27)17-24(29-30)19-7-5-18(2)6-8-19/h5-14,16,25,27H,3-4,15,17H2,1-2H3/t25-,27-/m1/s1. The van der Waals surface area contributed by atoms with Crippen LogP contribution < -0.4 is 9.47 Å². The predicted octanol–water partition coefficient (Wildman–Crippen LogP) is 7.07. The number of hydrogen-bond acceptors (Lipinski definition) is 4. The molecule has 2 atom stereocenters. The number of nitrogens with zero attached hydrogens (tertiary/aromatic N) is 2. The maximum Gasteiger partial charge on any atom is 0.213 e. The van der Waals surface area contributed by atoms with Gasteiger partial charge in [-0.15, -0.1) is 0 Å². The van der Waals surface area contributed by atoms with Gasteiger partial charge in [0.05, 0.1) is 18.4 Å². The first-order valence-electron chi connectivity index (χ1n) is 11.2. The van der Waals surface area contributed by atoms with E-state index in [4.69, 9.17) is 26.2 Å². The molecule has 0 radical (unpaired) electrons. The zero-order chi connectivity index (χ0) is 22.1. The molecule has 0 saturated carbocycles. The Morgan fingerprint density at radius 1 is 1.06 bits per heavy atom. The lowest BCUT2D eigenvalue weighted by Gasteiger charge is -2.38. The van der Waals surface area contributed by atoms with E-state index in [0.29, 0.717) is 5.02 Å². The van der Waals surface area contributed by atoms with E-state index in [-0.39, 0.29) is 12.3 Å². The third-order valence-electron chi connectivity index (χ3n) is 6.07. The van der Waals surface area contributed by atoms with E-state index < -0.39 is 0 Å². The Balaban J connectivity index is 1.48. The summed E-state index contributed by atoms with van der Waals surface area (Å²) >= 11 is 6.34. The summed E-state index contributed by atoms with van der Waals surface area (Å²) in [6.07, 6.45) is 2.68. The second-order valence-corrected chi connectivity index (χ2v) is 8.87. The van der Waals surface area contributed by atoms with Crippen molar-refractivity contribution >= 4 is 17.3 Å². The zero-order valence-electron chi connectivity index (χ0n) is 18.4. The summed E-state index contributed by atoms with van der Waals surface area (Å²) in [5.41, 5.74) is 5.58. The first-order chi connectivity index (χ1) is 15.6. The molecular formula is C27H27ClN2O2. The molecule has 0 saturated heterocycles.